The molecular formula is C20H21IN6O4S. The first-order valence-electron chi connectivity index (χ1n) is 10.2. The second-order valence-electron chi connectivity index (χ2n) is 7.62. The monoisotopic (exact) mass is 568 g/mol. The molecule has 1 fully saturated rings. The van der Waals surface area contributed by atoms with E-state index in [2.05, 4.69) is 37.5 Å². The van der Waals surface area contributed by atoms with Crippen LogP contribution in [0.1, 0.15) is 25.7 Å². The fourth-order valence-corrected chi connectivity index (χ4v) is 5.48. The van der Waals surface area contributed by atoms with Gasteiger partial charge in [0.2, 0.25) is 6.79 Å². The Morgan fingerprint density at radius 3 is 2.81 bits per heavy atom. The molecule has 0 saturated heterocycles. The molecule has 0 amide bonds. The molecule has 168 valence electrons. The van der Waals surface area contributed by atoms with Crippen molar-refractivity contribution in [1.82, 2.24) is 19.5 Å². The lowest BCUT2D eigenvalue weighted by atomic mass is 10.3. The molecule has 5 rings (SSSR count). The van der Waals surface area contributed by atoms with Gasteiger partial charge in [0.05, 0.1) is 6.54 Å². The van der Waals surface area contributed by atoms with Crippen molar-refractivity contribution in [1.29, 1.82) is 0 Å². The van der Waals surface area contributed by atoms with Crippen molar-refractivity contribution in [3.05, 3.63) is 22.0 Å². The first-order chi connectivity index (χ1) is 15.5. The summed E-state index contributed by atoms with van der Waals surface area (Å²) in [6, 6.07) is 2.96. The standard InChI is InChI=1S/C20H21IN6O4S/c21-11-5-13-14(30-9-29-13)6-15(11)32-20-26-16-17(23)24-8-25-18(16)27(20)7-12(22)19(28)31-10-3-1-2-4-10/h5-6,8,10,12H,1-4,7,9,22H2,(H2,23,24,25)/t12-/m0/s1. The topological polar surface area (TPSA) is 140 Å². The summed E-state index contributed by atoms with van der Waals surface area (Å²) in [6.45, 7) is 0.351. The van der Waals surface area contributed by atoms with Gasteiger partial charge in [0, 0.05) is 8.47 Å². The van der Waals surface area contributed by atoms with Gasteiger partial charge in [-0.15, -0.1) is 0 Å². The summed E-state index contributed by atoms with van der Waals surface area (Å²) in [5, 5.41) is 0.591. The molecule has 12 heteroatoms. The second-order valence-corrected chi connectivity index (χ2v) is 9.80. The summed E-state index contributed by atoms with van der Waals surface area (Å²) in [4.78, 5) is 26.5. The minimum Gasteiger partial charge on any atom is -0.461 e. The molecule has 1 aliphatic heterocycles. The lowest BCUT2D eigenvalue weighted by Gasteiger charge is -2.17. The van der Waals surface area contributed by atoms with Crippen LogP contribution in [0.4, 0.5) is 5.82 Å². The van der Waals surface area contributed by atoms with Gasteiger partial charge < -0.3 is 30.2 Å². The van der Waals surface area contributed by atoms with Gasteiger partial charge in [-0.1, -0.05) is 11.8 Å². The van der Waals surface area contributed by atoms with Gasteiger partial charge in [-0.2, -0.15) is 0 Å². The summed E-state index contributed by atoms with van der Waals surface area (Å²) in [5.41, 5.74) is 13.2. The number of carbonyl (C=O) groups is 1. The van der Waals surface area contributed by atoms with E-state index in [9.17, 15) is 4.79 Å². The average Bonchev–Trinajstić information content (AvgIpc) is 3.50. The van der Waals surface area contributed by atoms with E-state index in [4.69, 9.17) is 25.7 Å². The number of nitrogens with two attached hydrogens (primary N) is 2. The average molecular weight is 568 g/mol. The van der Waals surface area contributed by atoms with Gasteiger partial charge >= 0.3 is 5.97 Å². The molecule has 2 aliphatic rings. The molecular weight excluding hydrogens is 547 g/mol. The highest BCUT2D eigenvalue weighted by atomic mass is 127. The van der Waals surface area contributed by atoms with Crippen molar-refractivity contribution in [2.45, 2.75) is 54.4 Å². The van der Waals surface area contributed by atoms with E-state index in [1.807, 2.05) is 12.1 Å². The largest absolute Gasteiger partial charge is 0.461 e. The number of benzene rings is 1. The lowest BCUT2D eigenvalue weighted by molar-refractivity contribution is -0.150. The zero-order valence-corrected chi connectivity index (χ0v) is 20.0. The molecule has 4 N–H and O–H groups in total. The number of halogens is 1. The Labute approximate surface area is 201 Å². The summed E-state index contributed by atoms with van der Waals surface area (Å²) < 4.78 is 19.3. The Morgan fingerprint density at radius 1 is 1.28 bits per heavy atom. The number of carbonyl (C=O) groups excluding carboxylic acids is 1. The molecule has 10 nitrogen and oxygen atoms in total. The van der Waals surface area contributed by atoms with Crippen molar-refractivity contribution in [2.24, 2.45) is 5.73 Å². The smallest absolute Gasteiger partial charge is 0.325 e. The SMILES string of the molecule is Nc1ncnc2c1nc(Sc1cc3c(cc1I)OCO3)n2C[C@H](N)C(=O)OC1CCCC1. The molecule has 3 aromatic rings. The van der Waals surface area contributed by atoms with Crippen LogP contribution in [0.2, 0.25) is 0 Å². The number of nitrogen functional groups attached to an aromatic ring is 1. The minimum atomic E-state index is -0.862. The number of hydrogen-bond acceptors (Lipinski definition) is 10. The number of imidazole rings is 1. The molecule has 2 aromatic heterocycles. The molecule has 1 atom stereocenters. The number of fused-ring (bicyclic) bond motifs is 2. The number of ether oxygens (including phenoxy) is 3. The van der Waals surface area contributed by atoms with Crippen LogP contribution in [0.3, 0.4) is 0 Å². The predicted octanol–water partition coefficient (Wildman–Crippen LogP) is 2.71. The Hall–Kier alpha value is -2.32. The van der Waals surface area contributed by atoms with E-state index < -0.39 is 12.0 Å². The highest BCUT2D eigenvalue weighted by Crippen LogP contribution is 2.41. The number of anilines is 1. The first-order valence-corrected chi connectivity index (χ1v) is 12.1. The molecule has 32 heavy (non-hydrogen) atoms. The van der Waals surface area contributed by atoms with Crippen LogP contribution in [-0.2, 0) is 16.1 Å². The van der Waals surface area contributed by atoms with Crippen molar-refractivity contribution in [3.8, 4) is 11.5 Å². The van der Waals surface area contributed by atoms with Crippen molar-refractivity contribution >= 4 is 57.3 Å². The maximum atomic E-state index is 12.6. The molecule has 0 unspecified atom stereocenters. The zero-order valence-electron chi connectivity index (χ0n) is 17.0. The fourth-order valence-electron chi connectivity index (χ4n) is 3.78. The van der Waals surface area contributed by atoms with Crippen molar-refractivity contribution in [2.75, 3.05) is 12.5 Å². The van der Waals surface area contributed by atoms with E-state index in [-0.39, 0.29) is 25.3 Å². The summed E-state index contributed by atoms with van der Waals surface area (Å²) >= 11 is 3.64. The third-order valence-corrected chi connectivity index (χ3v) is 7.73. The third-order valence-electron chi connectivity index (χ3n) is 5.42. The van der Waals surface area contributed by atoms with E-state index in [1.165, 1.54) is 18.1 Å². The second kappa shape index (κ2) is 8.90. The van der Waals surface area contributed by atoms with Gasteiger partial charge in [-0.05, 0) is 60.4 Å². The first kappa shape index (κ1) is 21.5. The fraction of sp³-hybridized carbons (Fsp3) is 0.400. The van der Waals surface area contributed by atoms with Crippen LogP contribution >= 0.6 is 34.4 Å². The predicted molar refractivity (Wildman–Crippen MR) is 125 cm³/mol. The Morgan fingerprint density at radius 2 is 2.03 bits per heavy atom. The van der Waals surface area contributed by atoms with E-state index in [1.54, 1.807) is 4.57 Å². The molecule has 1 aromatic carbocycles. The molecule has 3 heterocycles. The highest BCUT2D eigenvalue weighted by Gasteiger charge is 2.26. The Bertz CT molecular complexity index is 1180. The number of rotatable bonds is 6. The van der Waals surface area contributed by atoms with Crippen molar-refractivity contribution < 1.29 is 19.0 Å². The molecule has 0 bridgehead atoms. The van der Waals surface area contributed by atoms with E-state index in [0.29, 0.717) is 27.8 Å². The summed E-state index contributed by atoms with van der Waals surface area (Å²) in [6.07, 6.45) is 5.25. The van der Waals surface area contributed by atoms with Crippen LogP contribution in [-0.4, -0.2) is 44.4 Å². The number of esters is 1. The van der Waals surface area contributed by atoms with Gasteiger partial charge in [0.1, 0.15) is 18.5 Å². The normalized spacial score (nSPS) is 16.6. The number of hydrogen-bond donors (Lipinski definition) is 2. The lowest BCUT2D eigenvalue weighted by Crippen LogP contribution is -2.38. The minimum absolute atomic E-state index is 0.0462. The van der Waals surface area contributed by atoms with Gasteiger partial charge in [-0.3, -0.25) is 4.79 Å². The maximum absolute atomic E-state index is 12.6. The molecule has 0 spiro atoms. The summed E-state index contributed by atoms with van der Waals surface area (Å²) in [5.74, 6) is 1.22. The van der Waals surface area contributed by atoms with Crippen LogP contribution in [0.5, 0.6) is 11.5 Å². The van der Waals surface area contributed by atoms with E-state index in [0.717, 1.165) is 34.1 Å². The maximum Gasteiger partial charge on any atom is 0.325 e. The third kappa shape index (κ3) is 4.18. The Kier molecular flexibility index (Phi) is 5.99. The zero-order chi connectivity index (χ0) is 22.2. The van der Waals surface area contributed by atoms with Gasteiger partial charge in [0.15, 0.2) is 33.6 Å². The highest BCUT2D eigenvalue weighted by molar-refractivity contribution is 14.1. The van der Waals surface area contributed by atoms with Crippen LogP contribution in [0, 0.1) is 3.57 Å². The van der Waals surface area contributed by atoms with Gasteiger partial charge in [0.25, 0.3) is 0 Å². The number of aromatic nitrogens is 4. The van der Waals surface area contributed by atoms with Crippen molar-refractivity contribution in [3.63, 3.8) is 0 Å². The molecule has 0 radical (unpaired) electrons. The van der Waals surface area contributed by atoms with Crippen LogP contribution in [0.15, 0.2) is 28.5 Å². The van der Waals surface area contributed by atoms with E-state index >= 15 is 0 Å². The van der Waals surface area contributed by atoms with Gasteiger partial charge in [-0.25, -0.2) is 15.0 Å². The van der Waals surface area contributed by atoms with Crippen LogP contribution < -0.4 is 20.9 Å². The Balaban J connectivity index is 1.46. The quantitative estimate of drug-likeness (QED) is 0.337. The number of nitrogens with zero attached hydrogens (tertiary/aromatic N) is 4. The summed E-state index contributed by atoms with van der Waals surface area (Å²) in [7, 11) is 0. The molecule has 1 aliphatic carbocycles. The van der Waals surface area contributed by atoms with Crippen LogP contribution in [0.25, 0.3) is 11.2 Å². The molecule has 1 saturated carbocycles.